The molecular formula is C21H20N2O3. The third kappa shape index (κ3) is 3.83. The van der Waals surface area contributed by atoms with Gasteiger partial charge in [0, 0.05) is 16.8 Å². The second-order valence-electron chi connectivity index (χ2n) is 5.94. The van der Waals surface area contributed by atoms with Gasteiger partial charge in [-0.15, -0.1) is 0 Å². The van der Waals surface area contributed by atoms with Gasteiger partial charge < -0.3 is 15.8 Å². The monoisotopic (exact) mass is 348 g/mol. The van der Waals surface area contributed by atoms with E-state index in [1.807, 2.05) is 42.5 Å². The average molecular weight is 348 g/mol. The van der Waals surface area contributed by atoms with Gasteiger partial charge in [-0.05, 0) is 36.1 Å². The van der Waals surface area contributed by atoms with Crippen LogP contribution >= 0.6 is 0 Å². The van der Waals surface area contributed by atoms with E-state index in [1.54, 1.807) is 25.1 Å². The maximum Gasteiger partial charge on any atom is 0.338 e. The summed E-state index contributed by atoms with van der Waals surface area (Å²) in [7, 11) is 0. The molecule has 26 heavy (non-hydrogen) atoms. The molecule has 0 aliphatic carbocycles. The fourth-order valence-electron chi connectivity index (χ4n) is 2.73. The predicted octanol–water partition coefficient (Wildman–Crippen LogP) is 4.00. The molecule has 0 aliphatic rings. The van der Waals surface area contributed by atoms with Crippen LogP contribution in [0.15, 0.2) is 66.7 Å². The Kier molecular flexibility index (Phi) is 5.17. The first-order chi connectivity index (χ1) is 12.6. The van der Waals surface area contributed by atoms with Gasteiger partial charge in [0.05, 0.1) is 5.56 Å². The van der Waals surface area contributed by atoms with Crippen LogP contribution in [0.4, 0.5) is 11.4 Å². The highest BCUT2D eigenvalue weighted by molar-refractivity contribution is 6.04. The Morgan fingerprint density at radius 2 is 1.77 bits per heavy atom. The van der Waals surface area contributed by atoms with Crippen LogP contribution < -0.4 is 11.1 Å². The van der Waals surface area contributed by atoms with Crippen molar-refractivity contribution in [1.29, 1.82) is 0 Å². The number of hydrogen-bond acceptors (Lipinski definition) is 4. The maximum atomic E-state index is 12.6. The quantitative estimate of drug-likeness (QED) is 0.539. The summed E-state index contributed by atoms with van der Waals surface area (Å²) in [5, 5.41) is 4.82. The van der Waals surface area contributed by atoms with Crippen molar-refractivity contribution in [1.82, 2.24) is 0 Å². The summed E-state index contributed by atoms with van der Waals surface area (Å²) >= 11 is 0. The lowest BCUT2D eigenvalue weighted by Crippen LogP contribution is -2.32. The van der Waals surface area contributed by atoms with E-state index in [2.05, 4.69) is 5.32 Å². The third-order valence-corrected chi connectivity index (χ3v) is 4.08. The Labute approximate surface area is 151 Å². The Bertz CT molecular complexity index is 947. The highest BCUT2D eigenvalue weighted by Gasteiger charge is 2.22. The lowest BCUT2D eigenvalue weighted by molar-refractivity contribution is -0.124. The first-order valence-electron chi connectivity index (χ1n) is 8.43. The van der Waals surface area contributed by atoms with Crippen molar-refractivity contribution in [2.75, 3.05) is 11.1 Å². The second-order valence-corrected chi connectivity index (χ2v) is 5.94. The van der Waals surface area contributed by atoms with Crippen LogP contribution in [0.1, 0.15) is 23.7 Å². The molecule has 0 saturated heterocycles. The van der Waals surface area contributed by atoms with Crippen molar-refractivity contribution in [3.8, 4) is 0 Å². The molecule has 0 aromatic heterocycles. The molecular weight excluding hydrogens is 328 g/mol. The van der Waals surface area contributed by atoms with Crippen molar-refractivity contribution < 1.29 is 14.3 Å². The molecule has 3 aromatic rings. The van der Waals surface area contributed by atoms with E-state index in [-0.39, 0.29) is 5.91 Å². The lowest BCUT2D eigenvalue weighted by Gasteiger charge is -2.17. The van der Waals surface area contributed by atoms with E-state index in [1.165, 1.54) is 6.07 Å². The molecule has 132 valence electrons. The molecule has 0 radical (unpaired) electrons. The van der Waals surface area contributed by atoms with Crippen LogP contribution in [0.25, 0.3) is 10.8 Å². The van der Waals surface area contributed by atoms with Gasteiger partial charge in [-0.2, -0.15) is 0 Å². The van der Waals surface area contributed by atoms with E-state index in [0.717, 1.165) is 10.8 Å². The molecule has 3 N–H and O–H groups in total. The molecule has 0 aliphatic heterocycles. The number of nitrogens with two attached hydrogens (primary N) is 1. The highest BCUT2D eigenvalue weighted by atomic mass is 16.5. The van der Waals surface area contributed by atoms with Crippen LogP contribution in [-0.2, 0) is 9.53 Å². The maximum absolute atomic E-state index is 12.6. The number of esters is 1. The van der Waals surface area contributed by atoms with Crippen LogP contribution in [0.5, 0.6) is 0 Å². The summed E-state index contributed by atoms with van der Waals surface area (Å²) in [5.74, 6) is -0.932. The smallest absolute Gasteiger partial charge is 0.338 e. The van der Waals surface area contributed by atoms with Gasteiger partial charge in [-0.3, -0.25) is 4.79 Å². The summed E-state index contributed by atoms with van der Waals surface area (Å²) in [5.41, 5.74) is 7.16. The van der Waals surface area contributed by atoms with E-state index >= 15 is 0 Å². The third-order valence-electron chi connectivity index (χ3n) is 4.08. The molecule has 5 heteroatoms. The fourth-order valence-corrected chi connectivity index (χ4v) is 2.73. The molecule has 0 saturated carbocycles. The van der Waals surface area contributed by atoms with Crippen LogP contribution in [0, 0.1) is 0 Å². The zero-order valence-electron chi connectivity index (χ0n) is 14.4. The zero-order chi connectivity index (χ0) is 18.5. The SMILES string of the molecule is CCC(OC(=O)c1cccc(N)c1)C(=O)Nc1cccc2ccccc12. The molecule has 3 aromatic carbocycles. The number of benzene rings is 3. The van der Waals surface area contributed by atoms with Gasteiger partial charge >= 0.3 is 5.97 Å². The first kappa shape index (κ1) is 17.5. The molecule has 0 bridgehead atoms. The Morgan fingerprint density at radius 3 is 2.54 bits per heavy atom. The van der Waals surface area contributed by atoms with Gasteiger partial charge in [-0.25, -0.2) is 4.79 Å². The standard InChI is InChI=1S/C21H20N2O3/c1-2-19(26-21(25)15-9-5-10-16(22)13-15)20(24)23-18-12-6-8-14-7-3-4-11-17(14)18/h3-13,19H,2,22H2,1H3,(H,23,24). The average Bonchev–Trinajstić information content (AvgIpc) is 2.66. The number of fused-ring (bicyclic) bond motifs is 1. The molecule has 1 unspecified atom stereocenters. The minimum atomic E-state index is -0.886. The fraction of sp³-hybridized carbons (Fsp3) is 0.143. The minimum Gasteiger partial charge on any atom is -0.449 e. The summed E-state index contributed by atoms with van der Waals surface area (Å²) < 4.78 is 5.38. The number of carbonyl (C=O) groups is 2. The molecule has 1 amide bonds. The van der Waals surface area contributed by atoms with Gasteiger partial charge in [0.2, 0.25) is 0 Å². The number of nitrogen functional groups attached to an aromatic ring is 1. The van der Waals surface area contributed by atoms with E-state index in [0.29, 0.717) is 23.4 Å². The Hall–Kier alpha value is -3.34. The van der Waals surface area contributed by atoms with Crippen molar-refractivity contribution >= 4 is 34.0 Å². The Balaban J connectivity index is 1.75. The number of carbonyl (C=O) groups excluding carboxylic acids is 2. The number of rotatable bonds is 5. The first-order valence-corrected chi connectivity index (χ1v) is 8.43. The lowest BCUT2D eigenvalue weighted by atomic mass is 10.1. The molecule has 0 fully saturated rings. The van der Waals surface area contributed by atoms with E-state index in [4.69, 9.17) is 10.5 Å². The highest BCUT2D eigenvalue weighted by Crippen LogP contribution is 2.23. The van der Waals surface area contributed by atoms with Gasteiger partial charge in [0.15, 0.2) is 6.10 Å². The van der Waals surface area contributed by atoms with Crippen molar-refractivity contribution in [2.24, 2.45) is 0 Å². The molecule has 1 atom stereocenters. The minimum absolute atomic E-state index is 0.321. The number of nitrogens with one attached hydrogen (secondary N) is 1. The molecule has 5 nitrogen and oxygen atoms in total. The Morgan fingerprint density at radius 1 is 1.04 bits per heavy atom. The van der Waals surface area contributed by atoms with E-state index < -0.39 is 12.1 Å². The van der Waals surface area contributed by atoms with Crippen LogP contribution in [0.3, 0.4) is 0 Å². The van der Waals surface area contributed by atoms with E-state index in [9.17, 15) is 9.59 Å². The van der Waals surface area contributed by atoms with Gasteiger partial charge in [0.25, 0.3) is 5.91 Å². The largest absolute Gasteiger partial charge is 0.449 e. The van der Waals surface area contributed by atoms with Gasteiger partial charge in [-0.1, -0.05) is 49.4 Å². The summed E-state index contributed by atoms with van der Waals surface area (Å²) in [6.45, 7) is 1.79. The van der Waals surface area contributed by atoms with Crippen molar-refractivity contribution in [2.45, 2.75) is 19.4 Å². The molecule has 3 rings (SSSR count). The normalized spacial score (nSPS) is 11.7. The number of ether oxygens (including phenoxy) is 1. The van der Waals surface area contributed by atoms with Crippen molar-refractivity contribution in [3.05, 3.63) is 72.3 Å². The van der Waals surface area contributed by atoms with Crippen LogP contribution in [0.2, 0.25) is 0 Å². The van der Waals surface area contributed by atoms with Crippen molar-refractivity contribution in [3.63, 3.8) is 0 Å². The zero-order valence-corrected chi connectivity index (χ0v) is 14.4. The summed E-state index contributed by atoms with van der Waals surface area (Å²) in [6.07, 6.45) is -0.520. The second kappa shape index (κ2) is 7.70. The number of amides is 1. The topological polar surface area (TPSA) is 81.4 Å². The number of anilines is 2. The van der Waals surface area contributed by atoms with Gasteiger partial charge in [0.1, 0.15) is 0 Å². The molecule has 0 spiro atoms. The predicted molar refractivity (Wildman–Crippen MR) is 103 cm³/mol. The molecule has 0 heterocycles. The summed E-state index contributed by atoms with van der Waals surface area (Å²) in [4.78, 5) is 24.9. The summed E-state index contributed by atoms with van der Waals surface area (Å²) in [6, 6.07) is 19.9. The number of hydrogen-bond donors (Lipinski definition) is 2. The van der Waals surface area contributed by atoms with Crippen LogP contribution in [-0.4, -0.2) is 18.0 Å².